The topological polar surface area (TPSA) is 88.1 Å². The fourth-order valence-corrected chi connectivity index (χ4v) is 3.03. The van der Waals surface area contributed by atoms with E-state index >= 15 is 0 Å². The normalized spacial score (nSPS) is 32.5. The van der Waals surface area contributed by atoms with Crippen LogP contribution in [0.15, 0.2) is 0 Å². The highest BCUT2D eigenvalue weighted by Gasteiger charge is 2.65. The Morgan fingerprint density at radius 1 is 1.25 bits per heavy atom. The first-order chi connectivity index (χ1) is 10.3. The van der Waals surface area contributed by atoms with Crippen molar-refractivity contribution in [2.45, 2.75) is 72.9 Å². The van der Waals surface area contributed by atoms with Crippen LogP contribution in [0.5, 0.6) is 0 Å². The lowest BCUT2D eigenvalue weighted by Crippen LogP contribution is -2.41. The maximum Gasteiger partial charge on any atom is 0.344 e. The standard InChI is InChI=1S/C15H20O7.2CH4/c1-4-15(2,3)14(18)19-6-9(16)21-11-8-5-7-10(20-8)12(11)22-13(7)17;;/h7-8,10-12H,4-6H2,1-3H3;2*1H4. The van der Waals surface area contributed by atoms with Crippen molar-refractivity contribution in [3.05, 3.63) is 0 Å². The number of esters is 3. The third-order valence-electron chi connectivity index (χ3n) is 4.81. The van der Waals surface area contributed by atoms with E-state index in [0.717, 1.165) is 0 Å². The van der Waals surface area contributed by atoms with E-state index in [2.05, 4.69) is 0 Å². The highest BCUT2D eigenvalue weighted by molar-refractivity contribution is 5.80. The van der Waals surface area contributed by atoms with E-state index in [9.17, 15) is 14.4 Å². The van der Waals surface area contributed by atoms with Crippen LogP contribution in [0.1, 0.15) is 48.5 Å². The van der Waals surface area contributed by atoms with Gasteiger partial charge in [0.05, 0.1) is 17.4 Å². The average Bonchev–Trinajstić information content (AvgIpc) is 3.09. The summed E-state index contributed by atoms with van der Waals surface area (Å²) in [5, 5.41) is 0. The lowest BCUT2D eigenvalue weighted by molar-refractivity contribution is -0.172. The van der Waals surface area contributed by atoms with Crippen molar-refractivity contribution in [1.29, 1.82) is 0 Å². The second kappa shape index (κ2) is 7.09. The second-order valence-electron chi connectivity index (χ2n) is 6.65. The Hall–Kier alpha value is -1.63. The molecule has 7 heteroatoms. The van der Waals surface area contributed by atoms with Gasteiger partial charge in [0.15, 0.2) is 18.8 Å². The van der Waals surface area contributed by atoms with Gasteiger partial charge in [-0.3, -0.25) is 9.59 Å². The molecular weight excluding hydrogens is 316 g/mol. The summed E-state index contributed by atoms with van der Waals surface area (Å²) in [6, 6.07) is 0. The Balaban J connectivity index is 0.00000144. The molecule has 0 aromatic heterocycles. The molecule has 3 saturated heterocycles. The van der Waals surface area contributed by atoms with Gasteiger partial charge in [0, 0.05) is 0 Å². The van der Waals surface area contributed by atoms with Crippen LogP contribution in [0, 0.1) is 11.3 Å². The Kier molecular flexibility index (Phi) is 6.03. The zero-order chi connectivity index (χ0) is 16.1. The minimum Gasteiger partial charge on any atom is -0.455 e. The van der Waals surface area contributed by atoms with Crippen LogP contribution >= 0.6 is 0 Å². The summed E-state index contributed by atoms with van der Waals surface area (Å²) in [5.41, 5.74) is -0.635. The molecule has 3 heterocycles. The molecule has 0 aromatic rings. The first kappa shape index (κ1) is 20.4. The SMILES string of the molecule is C.C.CCC(C)(C)C(=O)OCC(=O)OC1C2CC3C(=O)OC1C3O2. The molecule has 0 aliphatic carbocycles. The van der Waals surface area contributed by atoms with Crippen molar-refractivity contribution in [2.24, 2.45) is 11.3 Å². The molecule has 7 nitrogen and oxygen atoms in total. The molecule has 138 valence electrons. The molecule has 5 unspecified atom stereocenters. The predicted molar refractivity (Wildman–Crippen MR) is 85.0 cm³/mol. The molecule has 3 rings (SSSR count). The summed E-state index contributed by atoms with van der Waals surface area (Å²) in [6.45, 7) is 4.93. The third kappa shape index (κ3) is 3.27. The molecular formula is C17H28O7. The van der Waals surface area contributed by atoms with Crippen molar-refractivity contribution in [1.82, 2.24) is 0 Å². The van der Waals surface area contributed by atoms with E-state index in [1.54, 1.807) is 13.8 Å². The summed E-state index contributed by atoms with van der Waals surface area (Å²) < 4.78 is 21.1. The first-order valence-electron chi connectivity index (χ1n) is 7.56. The largest absolute Gasteiger partial charge is 0.455 e. The second-order valence-corrected chi connectivity index (χ2v) is 6.65. The average molecular weight is 344 g/mol. The molecule has 0 spiro atoms. The molecule has 0 N–H and O–H groups in total. The van der Waals surface area contributed by atoms with E-state index in [1.807, 2.05) is 6.92 Å². The van der Waals surface area contributed by atoms with E-state index in [0.29, 0.717) is 12.8 Å². The van der Waals surface area contributed by atoms with Crippen LogP contribution in [0.4, 0.5) is 0 Å². The maximum atomic E-state index is 11.9. The molecule has 0 aromatic carbocycles. The van der Waals surface area contributed by atoms with Gasteiger partial charge in [0.25, 0.3) is 0 Å². The molecule has 2 bridgehead atoms. The van der Waals surface area contributed by atoms with Crippen LogP contribution in [0.2, 0.25) is 0 Å². The van der Waals surface area contributed by atoms with Gasteiger partial charge in [-0.25, -0.2) is 4.79 Å². The molecule has 3 aliphatic heterocycles. The monoisotopic (exact) mass is 344 g/mol. The molecule has 3 aliphatic rings. The number of rotatable bonds is 5. The molecule has 3 fully saturated rings. The summed E-state index contributed by atoms with van der Waals surface area (Å²) in [5.74, 6) is -1.61. The van der Waals surface area contributed by atoms with Gasteiger partial charge in [0.1, 0.15) is 6.10 Å². The van der Waals surface area contributed by atoms with Crippen LogP contribution < -0.4 is 0 Å². The van der Waals surface area contributed by atoms with Crippen LogP contribution in [-0.2, 0) is 33.3 Å². The van der Waals surface area contributed by atoms with Crippen molar-refractivity contribution in [3.63, 3.8) is 0 Å². The molecule has 0 saturated carbocycles. The van der Waals surface area contributed by atoms with Gasteiger partial charge in [0.2, 0.25) is 0 Å². The van der Waals surface area contributed by atoms with Crippen molar-refractivity contribution in [3.8, 4) is 0 Å². The van der Waals surface area contributed by atoms with Gasteiger partial charge in [-0.1, -0.05) is 21.8 Å². The van der Waals surface area contributed by atoms with E-state index in [1.165, 1.54) is 0 Å². The zero-order valence-corrected chi connectivity index (χ0v) is 12.9. The summed E-state index contributed by atoms with van der Waals surface area (Å²) in [4.78, 5) is 35.2. The van der Waals surface area contributed by atoms with Crippen molar-refractivity contribution in [2.75, 3.05) is 6.61 Å². The third-order valence-corrected chi connectivity index (χ3v) is 4.81. The number of hydrogen-bond donors (Lipinski definition) is 0. The number of carbonyl (C=O) groups excluding carboxylic acids is 3. The van der Waals surface area contributed by atoms with Crippen LogP contribution in [-0.4, -0.2) is 48.9 Å². The van der Waals surface area contributed by atoms with Crippen molar-refractivity contribution >= 4 is 17.9 Å². The fourth-order valence-electron chi connectivity index (χ4n) is 3.03. The maximum absolute atomic E-state index is 11.9. The highest BCUT2D eigenvalue weighted by atomic mass is 16.7. The van der Waals surface area contributed by atoms with E-state index in [4.69, 9.17) is 18.9 Å². The minimum absolute atomic E-state index is 0. The smallest absolute Gasteiger partial charge is 0.344 e. The lowest BCUT2D eigenvalue weighted by atomic mass is 9.88. The quantitative estimate of drug-likeness (QED) is 0.555. The van der Waals surface area contributed by atoms with Crippen LogP contribution in [0.25, 0.3) is 0 Å². The van der Waals surface area contributed by atoms with Gasteiger partial charge >= 0.3 is 17.9 Å². The number of carbonyl (C=O) groups is 3. The number of ether oxygens (including phenoxy) is 4. The molecule has 0 radical (unpaired) electrons. The molecule has 0 amide bonds. The Bertz CT molecular complexity index is 513. The predicted octanol–water partition coefficient (Wildman–Crippen LogP) is 1.86. The Labute approximate surface area is 143 Å². The van der Waals surface area contributed by atoms with Gasteiger partial charge in [-0.05, 0) is 26.7 Å². The minimum atomic E-state index is -0.652. The number of hydrogen-bond acceptors (Lipinski definition) is 7. The number of fused-ring (bicyclic) bond motifs is 1. The fraction of sp³-hybridized carbons (Fsp3) is 0.824. The van der Waals surface area contributed by atoms with Crippen LogP contribution in [0.3, 0.4) is 0 Å². The Morgan fingerprint density at radius 2 is 1.92 bits per heavy atom. The van der Waals surface area contributed by atoms with Gasteiger partial charge in [-0.15, -0.1) is 0 Å². The zero-order valence-electron chi connectivity index (χ0n) is 12.9. The molecule has 5 atom stereocenters. The van der Waals surface area contributed by atoms with Crippen molar-refractivity contribution < 1.29 is 33.3 Å². The highest BCUT2D eigenvalue weighted by Crippen LogP contribution is 2.47. The van der Waals surface area contributed by atoms with Gasteiger partial charge < -0.3 is 18.9 Å². The first-order valence-corrected chi connectivity index (χ1v) is 7.56. The lowest BCUT2D eigenvalue weighted by Gasteiger charge is -2.23. The van der Waals surface area contributed by atoms with Gasteiger partial charge in [-0.2, -0.15) is 0 Å². The molecule has 24 heavy (non-hydrogen) atoms. The summed E-state index contributed by atoms with van der Waals surface area (Å²) >= 11 is 0. The summed E-state index contributed by atoms with van der Waals surface area (Å²) in [6.07, 6.45) is -0.614. The van der Waals surface area contributed by atoms with E-state index < -0.39 is 36.2 Å². The Morgan fingerprint density at radius 3 is 2.54 bits per heavy atom. The summed E-state index contributed by atoms with van der Waals surface area (Å²) in [7, 11) is 0. The van der Waals surface area contributed by atoms with E-state index in [-0.39, 0.29) is 38.9 Å².